The first-order chi connectivity index (χ1) is 7.13. The minimum atomic E-state index is -0.425. The van der Waals surface area contributed by atoms with Crippen molar-refractivity contribution in [3.63, 3.8) is 0 Å². The van der Waals surface area contributed by atoms with Gasteiger partial charge in [-0.05, 0) is 24.0 Å². The third-order valence-electron chi connectivity index (χ3n) is 2.01. The van der Waals surface area contributed by atoms with Crippen molar-refractivity contribution in [3.05, 3.63) is 29.8 Å². The maximum absolute atomic E-state index is 11.1. The fourth-order valence-corrected chi connectivity index (χ4v) is 1.36. The van der Waals surface area contributed by atoms with Gasteiger partial charge in [-0.3, -0.25) is 0 Å². The molecular formula is C12H17NO2. The molecule has 0 unspecified atom stereocenters. The molecular weight excluding hydrogens is 190 g/mol. The van der Waals surface area contributed by atoms with E-state index in [-0.39, 0.29) is 0 Å². The summed E-state index contributed by atoms with van der Waals surface area (Å²) in [6.07, 6.45) is 0.485. The van der Waals surface area contributed by atoms with Gasteiger partial charge in [-0.25, -0.2) is 4.79 Å². The second-order valence-corrected chi connectivity index (χ2v) is 3.85. The number of carbonyl (C=O) groups is 1. The first-order valence-corrected chi connectivity index (χ1v) is 5.11. The van der Waals surface area contributed by atoms with Crippen LogP contribution in [0.25, 0.3) is 0 Å². The van der Waals surface area contributed by atoms with E-state index in [1.165, 1.54) is 0 Å². The van der Waals surface area contributed by atoms with Gasteiger partial charge in [-0.1, -0.05) is 32.0 Å². The van der Waals surface area contributed by atoms with E-state index in [4.69, 9.17) is 4.74 Å². The van der Waals surface area contributed by atoms with Crippen LogP contribution in [-0.2, 0) is 6.42 Å². The maximum atomic E-state index is 11.1. The van der Waals surface area contributed by atoms with Gasteiger partial charge in [0, 0.05) is 7.05 Å². The van der Waals surface area contributed by atoms with Gasteiger partial charge in [0.05, 0.1) is 0 Å². The van der Waals surface area contributed by atoms with Crippen LogP contribution in [0.4, 0.5) is 4.79 Å². The molecule has 1 aromatic rings. The molecule has 1 N–H and O–H groups in total. The molecule has 1 amide bonds. The number of rotatable bonds is 3. The molecule has 0 spiro atoms. The van der Waals surface area contributed by atoms with Crippen LogP contribution in [0.5, 0.6) is 5.75 Å². The maximum Gasteiger partial charge on any atom is 0.412 e. The molecule has 0 aromatic heterocycles. The van der Waals surface area contributed by atoms with Crippen molar-refractivity contribution in [3.8, 4) is 5.75 Å². The Balaban J connectivity index is 2.81. The lowest BCUT2D eigenvalue weighted by Gasteiger charge is -2.10. The summed E-state index contributed by atoms with van der Waals surface area (Å²) in [5.74, 6) is 1.19. The SMILES string of the molecule is CNC(=O)Oc1ccccc1CC(C)C. The zero-order valence-corrected chi connectivity index (χ0v) is 9.41. The van der Waals surface area contributed by atoms with Gasteiger partial charge in [0.25, 0.3) is 0 Å². The van der Waals surface area contributed by atoms with E-state index in [0.29, 0.717) is 11.7 Å². The summed E-state index contributed by atoms with van der Waals surface area (Å²) in [5, 5.41) is 2.43. The first-order valence-electron chi connectivity index (χ1n) is 5.11. The van der Waals surface area contributed by atoms with Gasteiger partial charge in [0.1, 0.15) is 5.75 Å². The lowest BCUT2D eigenvalue weighted by molar-refractivity contribution is 0.202. The highest BCUT2D eigenvalue weighted by Crippen LogP contribution is 2.21. The Morgan fingerprint density at radius 1 is 1.40 bits per heavy atom. The number of hydrogen-bond donors (Lipinski definition) is 1. The molecule has 3 heteroatoms. The smallest absolute Gasteiger partial charge is 0.410 e. The number of ether oxygens (including phenoxy) is 1. The molecule has 0 fully saturated rings. The van der Waals surface area contributed by atoms with E-state index >= 15 is 0 Å². The molecule has 1 rings (SSSR count). The molecule has 0 atom stereocenters. The largest absolute Gasteiger partial charge is 0.412 e. The molecule has 0 aliphatic rings. The molecule has 15 heavy (non-hydrogen) atoms. The molecule has 0 aliphatic carbocycles. The summed E-state index contributed by atoms with van der Waals surface area (Å²) >= 11 is 0. The highest BCUT2D eigenvalue weighted by molar-refractivity contribution is 5.70. The third kappa shape index (κ3) is 3.62. The van der Waals surface area contributed by atoms with Crippen LogP contribution in [0.1, 0.15) is 19.4 Å². The number of benzene rings is 1. The quantitative estimate of drug-likeness (QED) is 0.827. The molecule has 0 aliphatic heterocycles. The van der Waals surface area contributed by atoms with Crippen LogP contribution >= 0.6 is 0 Å². The zero-order valence-electron chi connectivity index (χ0n) is 9.41. The van der Waals surface area contributed by atoms with Crippen molar-refractivity contribution in [2.45, 2.75) is 20.3 Å². The van der Waals surface area contributed by atoms with E-state index in [0.717, 1.165) is 12.0 Å². The topological polar surface area (TPSA) is 38.3 Å². The van der Waals surface area contributed by atoms with E-state index in [1.807, 2.05) is 24.3 Å². The molecule has 1 aromatic carbocycles. The fraction of sp³-hybridized carbons (Fsp3) is 0.417. The summed E-state index contributed by atoms with van der Waals surface area (Å²) in [7, 11) is 1.55. The van der Waals surface area contributed by atoms with Gasteiger partial charge in [-0.15, -0.1) is 0 Å². The summed E-state index contributed by atoms with van der Waals surface area (Å²) in [6, 6.07) is 7.61. The second-order valence-electron chi connectivity index (χ2n) is 3.85. The van der Waals surface area contributed by atoms with Crippen LogP contribution in [-0.4, -0.2) is 13.1 Å². The van der Waals surface area contributed by atoms with E-state index in [1.54, 1.807) is 7.05 Å². The average molecular weight is 207 g/mol. The highest BCUT2D eigenvalue weighted by atomic mass is 16.6. The minimum absolute atomic E-state index is 0.425. The Morgan fingerprint density at radius 3 is 2.67 bits per heavy atom. The predicted octanol–water partition coefficient (Wildman–Crippen LogP) is 2.60. The van der Waals surface area contributed by atoms with Crippen molar-refractivity contribution >= 4 is 6.09 Å². The Labute approximate surface area is 90.4 Å². The summed E-state index contributed by atoms with van der Waals surface area (Å²) < 4.78 is 5.15. The number of amides is 1. The number of carbonyl (C=O) groups excluding carboxylic acids is 1. The number of para-hydroxylation sites is 1. The molecule has 0 saturated heterocycles. The van der Waals surface area contributed by atoms with Crippen LogP contribution < -0.4 is 10.1 Å². The van der Waals surface area contributed by atoms with E-state index in [9.17, 15) is 4.79 Å². The van der Waals surface area contributed by atoms with Gasteiger partial charge >= 0.3 is 6.09 Å². The summed E-state index contributed by atoms with van der Waals surface area (Å²) in [4.78, 5) is 11.1. The second kappa shape index (κ2) is 5.39. The molecule has 0 radical (unpaired) electrons. The van der Waals surface area contributed by atoms with Gasteiger partial charge in [0.2, 0.25) is 0 Å². The minimum Gasteiger partial charge on any atom is -0.410 e. The lowest BCUT2D eigenvalue weighted by atomic mass is 10.0. The van der Waals surface area contributed by atoms with Crippen LogP contribution in [0, 0.1) is 5.92 Å². The monoisotopic (exact) mass is 207 g/mol. The normalized spacial score (nSPS) is 10.1. The van der Waals surface area contributed by atoms with Crippen molar-refractivity contribution in [1.82, 2.24) is 5.32 Å². The molecule has 0 bridgehead atoms. The fourth-order valence-electron chi connectivity index (χ4n) is 1.36. The molecule has 0 saturated carbocycles. The molecule has 3 nitrogen and oxygen atoms in total. The van der Waals surface area contributed by atoms with Crippen LogP contribution in [0.15, 0.2) is 24.3 Å². The van der Waals surface area contributed by atoms with E-state index in [2.05, 4.69) is 19.2 Å². The molecule has 0 heterocycles. The Hall–Kier alpha value is -1.51. The van der Waals surface area contributed by atoms with Crippen molar-refractivity contribution in [2.75, 3.05) is 7.05 Å². The number of nitrogens with one attached hydrogen (secondary N) is 1. The highest BCUT2D eigenvalue weighted by Gasteiger charge is 2.08. The van der Waals surface area contributed by atoms with Gasteiger partial charge in [0.15, 0.2) is 0 Å². The third-order valence-corrected chi connectivity index (χ3v) is 2.01. The van der Waals surface area contributed by atoms with Crippen molar-refractivity contribution < 1.29 is 9.53 Å². The standard InChI is InChI=1S/C12H17NO2/c1-9(2)8-10-6-4-5-7-11(10)15-12(14)13-3/h4-7,9H,8H2,1-3H3,(H,13,14). The van der Waals surface area contributed by atoms with Crippen LogP contribution in [0.3, 0.4) is 0 Å². The predicted molar refractivity (Wildman–Crippen MR) is 60.1 cm³/mol. The van der Waals surface area contributed by atoms with Gasteiger partial charge in [-0.2, -0.15) is 0 Å². The van der Waals surface area contributed by atoms with Crippen molar-refractivity contribution in [1.29, 1.82) is 0 Å². The van der Waals surface area contributed by atoms with Crippen LogP contribution in [0.2, 0.25) is 0 Å². The lowest BCUT2D eigenvalue weighted by Crippen LogP contribution is -2.22. The number of hydrogen-bond acceptors (Lipinski definition) is 2. The Bertz CT molecular complexity index is 334. The average Bonchev–Trinajstić information content (AvgIpc) is 2.20. The Kier molecular flexibility index (Phi) is 4.16. The molecule has 82 valence electrons. The van der Waals surface area contributed by atoms with Gasteiger partial charge < -0.3 is 10.1 Å². The van der Waals surface area contributed by atoms with Crippen molar-refractivity contribution in [2.24, 2.45) is 5.92 Å². The summed E-state index contributed by atoms with van der Waals surface area (Å²) in [6.45, 7) is 4.27. The first kappa shape index (κ1) is 11.6. The Morgan fingerprint density at radius 2 is 2.07 bits per heavy atom. The van der Waals surface area contributed by atoms with E-state index < -0.39 is 6.09 Å². The summed E-state index contributed by atoms with van der Waals surface area (Å²) in [5.41, 5.74) is 1.07. The zero-order chi connectivity index (χ0) is 11.3.